The zero-order valence-corrected chi connectivity index (χ0v) is 34.1. The fraction of sp³-hybridized carbons (Fsp3) is 0.279. The van der Waals surface area contributed by atoms with Crippen LogP contribution in [0.1, 0.15) is 41.3 Å². The van der Waals surface area contributed by atoms with Gasteiger partial charge >= 0.3 is 0 Å². The lowest BCUT2D eigenvalue weighted by atomic mass is 9.84. The van der Waals surface area contributed by atoms with Gasteiger partial charge in [-0.3, -0.25) is 14.9 Å². The molecule has 0 aromatic heterocycles. The summed E-state index contributed by atoms with van der Waals surface area (Å²) in [5.74, 6) is -0.172. The number of nitro groups is 1. The lowest BCUT2D eigenvalue weighted by Crippen LogP contribution is -2.35. The Balaban J connectivity index is 1.07. The number of carbonyl (C=O) groups is 1. The van der Waals surface area contributed by atoms with Crippen LogP contribution in [0.15, 0.2) is 131 Å². The van der Waals surface area contributed by atoms with Crippen molar-refractivity contribution in [2.75, 3.05) is 49.7 Å². The summed E-state index contributed by atoms with van der Waals surface area (Å²) in [6, 6.07) is 35.4. The maximum atomic E-state index is 13.4. The minimum absolute atomic E-state index is 0.0498. The number of rotatable bonds is 16. The van der Waals surface area contributed by atoms with Crippen LogP contribution in [0.3, 0.4) is 0 Å². The molecule has 57 heavy (non-hydrogen) atoms. The van der Waals surface area contributed by atoms with Gasteiger partial charge < -0.3 is 20.2 Å². The Morgan fingerprint density at radius 3 is 2.28 bits per heavy atom. The van der Waals surface area contributed by atoms with E-state index in [1.54, 1.807) is 36.0 Å². The molecule has 0 aliphatic carbocycles. The standard InChI is InChI=1S/C43H46ClN5O6S2/c1-47(2)25-24-34(29-56-36-8-4-3-5-9-36)45-40-21-20-37(28-41(40)49(52)53)57(54,55)46-43(51)32-14-18-35(19-15-32)48-26-22-31(23-27-48)42(50)39-11-7-6-10-38(39)30-12-16-33(44)17-13-30/h3-21,28,31,34,42,45,50H,22-27,29H2,1-2H3,(H,46,51)/t34?,42-/m1/s1. The number of carbonyl (C=O) groups excluding carboxylic acids is 1. The molecule has 298 valence electrons. The number of aliphatic hydroxyl groups is 1. The van der Waals surface area contributed by atoms with Gasteiger partial charge in [-0.1, -0.05) is 66.2 Å². The average Bonchev–Trinajstić information content (AvgIpc) is 3.22. The van der Waals surface area contributed by atoms with Crippen LogP contribution in [0.5, 0.6) is 0 Å². The van der Waals surface area contributed by atoms with Crippen molar-refractivity contribution in [2.24, 2.45) is 5.92 Å². The molecule has 6 rings (SSSR count). The van der Waals surface area contributed by atoms with E-state index in [1.165, 1.54) is 12.1 Å². The molecule has 1 saturated heterocycles. The van der Waals surface area contributed by atoms with Gasteiger partial charge in [0, 0.05) is 52.1 Å². The van der Waals surface area contributed by atoms with Gasteiger partial charge in [-0.2, -0.15) is 0 Å². The number of hydrogen-bond acceptors (Lipinski definition) is 10. The van der Waals surface area contributed by atoms with E-state index in [0.717, 1.165) is 52.7 Å². The molecule has 1 aliphatic heterocycles. The molecule has 0 saturated carbocycles. The Kier molecular flexibility index (Phi) is 13.9. The normalized spacial score (nSPS) is 14.6. The van der Waals surface area contributed by atoms with Crippen LogP contribution in [0.25, 0.3) is 11.1 Å². The van der Waals surface area contributed by atoms with E-state index >= 15 is 0 Å². The maximum Gasteiger partial charge on any atom is 0.293 e. The van der Waals surface area contributed by atoms with Crippen LogP contribution in [-0.4, -0.2) is 74.8 Å². The molecular formula is C43H46ClN5O6S2. The predicted molar refractivity (Wildman–Crippen MR) is 229 cm³/mol. The number of halogens is 1. The smallest absolute Gasteiger partial charge is 0.293 e. The molecule has 1 unspecified atom stereocenters. The third kappa shape index (κ3) is 10.9. The molecule has 3 N–H and O–H groups in total. The molecule has 0 radical (unpaired) electrons. The third-order valence-electron chi connectivity index (χ3n) is 10.1. The van der Waals surface area contributed by atoms with Crippen LogP contribution >= 0.6 is 23.4 Å². The minimum atomic E-state index is -4.45. The van der Waals surface area contributed by atoms with Crippen molar-refractivity contribution in [1.29, 1.82) is 0 Å². The van der Waals surface area contributed by atoms with Crippen LogP contribution in [0.4, 0.5) is 17.1 Å². The number of piperidine rings is 1. The summed E-state index contributed by atoms with van der Waals surface area (Å²) in [5.41, 5.74) is 3.62. The molecule has 1 amide bonds. The van der Waals surface area contributed by atoms with Crippen molar-refractivity contribution >= 4 is 56.4 Å². The van der Waals surface area contributed by atoms with Crippen molar-refractivity contribution < 1.29 is 23.2 Å². The van der Waals surface area contributed by atoms with Gasteiger partial charge in [-0.15, -0.1) is 11.8 Å². The highest BCUT2D eigenvalue weighted by Crippen LogP contribution is 2.37. The first kappa shape index (κ1) is 41.7. The van der Waals surface area contributed by atoms with Gasteiger partial charge in [-0.05, 0) is 123 Å². The lowest BCUT2D eigenvalue weighted by Gasteiger charge is -2.36. The summed E-state index contributed by atoms with van der Waals surface area (Å²) in [4.78, 5) is 29.6. The number of thioether (sulfide) groups is 1. The Hall–Kier alpha value is -4.92. The van der Waals surface area contributed by atoms with E-state index < -0.39 is 37.5 Å². The molecule has 11 nitrogen and oxygen atoms in total. The monoisotopic (exact) mass is 827 g/mol. The molecule has 14 heteroatoms. The average molecular weight is 828 g/mol. The van der Waals surface area contributed by atoms with E-state index in [1.807, 2.05) is 97.9 Å². The van der Waals surface area contributed by atoms with E-state index in [4.69, 9.17) is 11.6 Å². The van der Waals surface area contributed by atoms with E-state index in [2.05, 4.69) is 14.9 Å². The summed E-state index contributed by atoms with van der Waals surface area (Å²) < 4.78 is 28.8. The molecule has 5 aromatic rings. The summed E-state index contributed by atoms with van der Waals surface area (Å²) in [7, 11) is -0.544. The highest BCUT2D eigenvalue weighted by molar-refractivity contribution is 7.99. The first-order valence-corrected chi connectivity index (χ1v) is 21.6. The summed E-state index contributed by atoms with van der Waals surface area (Å²) in [6.45, 7) is 2.12. The Morgan fingerprint density at radius 1 is 0.947 bits per heavy atom. The van der Waals surface area contributed by atoms with Gasteiger partial charge in [0.15, 0.2) is 0 Å². The van der Waals surface area contributed by atoms with Crippen LogP contribution < -0.4 is 14.9 Å². The molecular weight excluding hydrogens is 782 g/mol. The molecule has 0 bridgehead atoms. The molecule has 1 aliphatic rings. The van der Waals surface area contributed by atoms with Crippen molar-refractivity contribution in [1.82, 2.24) is 9.62 Å². The van der Waals surface area contributed by atoms with E-state index in [9.17, 15) is 28.4 Å². The van der Waals surface area contributed by atoms with E-state index in [-0.39, 0.29) is 23.2 Å². The summed E-state index contributed by atoms with van der Waals surface area (Å²) >= 11 is 7.73. The topological polar surface area (TPSA) is 145 Å². The summed E-state index contributed by atoms with van der Waals surface area (Å²) in [6.07, 6.45) is 1.55. The molecule has 1 fully saturated rings. The van der Waals surface area contributed by atoms with Crippen molar-refractivity contribution in [3.63, 3.8) is 0 Å². The zero-order valence-electron chi connectivity index (χ0n) is 31.8. The van der Waals surface area contributed by atoms with Crippen LogP contribution in [-0.2, 0) is 10.0 Å². The first-order chi connectivity index (χ1) is 27.4. The number of nitrogens with zero attached hydrogens (tertiary/aromatic N) is 3. The van der Waals surface area contributed by atoms with E-state index in [0.29, 0.717) is 30.3 Å². The highest BCUT2D eigenvalue weighted by Gasteiger charge is 2.29. The molecule has 2 atom stereocenters. The minimum Gasteiger partial charge on any atom is -0.388 e. The largest absolute Gasteiger partial charge is 0.388 e. The number of sulfonamides is 1. The second kappa shape index (κ2) is 19.0. The second-order valence-corrected chi connectivity index (χ2v) is 17.6. The van der Waals surface area contributed by atoms with Crippen molar-refractivity contribution in [3.05, 3.63) is 148 Å². The Bertz CT molecular complexity index is 2250. The van der Waals surface area contributed by atoms with Crippen molar-refractivity contribution in [3.8, 4) is 11.1 Å². The number of amides is 1. The van der Waals surface area contributed by atoms with Gasteiger partial charge in [0.1, 0.15) is 5.69 Å². The first-order valence-electron chi connectivity index (χ1n) is 18.7. The molecule has 5 aromatic carbocycles. The van der Waals surface area contributed by atoms with Gasteiger partial charge in [0.25, 0.3) is 21.6 Å². The predicted octanol–water partition coefficient (Wildman–Crippen LogP) is 8.51. The van der Waals surface area contributed by atoms with Crippen LogP contribution in [0, 0.1) is 16.0 Å². The lowest BCUT2D eigenvalue weighted by molar-refractivity contribution is -0.384. The quantitative estimate of drug-likeness (QED) is 0.0503. The number of benzene rings is 5. The van der Waals surface area contributed by atoms with Gasteiger partial charge in [0.05, 0.1) is 15.9 Å². The fourth-order valence-corrected chi connectivity index (χ4v) is 9.05. The van der Waals surface area contributed by atoms with Gasteiger partial charge in [0.2, 0.25) is 0 Å². The van der Waals surface area contributed by atoms with Crippen molar-refractivity contribution in [2.45, 2.75) is 41.2 Å². The van der Waals surface area contributed by atoms with Gasteiger partial charge in [-0.25, -0.2) is 13.1 Å². The molecule has 0 spiro atoms. The number of aliphatic hydroxyl groups excluding tert-OH is 1. The Labute approximate surface area is 343 Å². The highest BCUT2D eigenvalue weighted by atomic mass is 35.5. The number of nitrogens with one attached hydrogen (secondary N) is 2. The third-order valence-corrected chi connectivity index (χ3v) is 12.9. The Morgan fingerprint density at radius 2 is 1.61 bits per heavy atom. The fourth-order valence-electron chi connectivity index (χ4n) is 6.93. The number of hydrogen-bond donors (Lipinski definition) is 3. The summed E-state index contributed by atoms with van der Waals surface area (Å²) in [5, 5.41) is 27.6. The molecule has 1 heterocycles. The number of anilines is 2. The maximum absolute atomic E-state index is 13.4. The second-order valence-electron chi connectivity index (χ2n) is 14.3. The zero-order chi connectivity index (χ0) is 40.5. The van der Waals surface area contributed by atoms with Crippen LogP contribution in [0.2, 0.25) is 5.02 Å². The SMILES string of the molecule is CN(C)CCC(CSc1ccccc1)Nc1ccc(S(=O)(=O)NC(=O)c2ccc(N3CCC([C@@H](O)c4ccccc4-c4ccc(Cl)cc4)CC3)cc2)cc1[N+](=O)[O-]. The number of nitro benzene ring substituents is 1.